The molecule has 140 valence electrons. The summed E-state index contributed by atoms with van der Waals surface area (Å²) < 4.78 is 14.0. The lowest BCUT2D eigenvalue weighted by atomic mass is 10.2. The number of ketones is 1. The summed E-state index contributed by atoms with van der Waals surface area (Å²) in [4.78, 5) is 12.6. The molecule has 3 heterocycles. The van der Waals surface area contributed by atoms with E-state index in [1.54, 1.807) is 6.20 Å². The number of para-hydroxylation sites is 2. The highest BCUT2D eigenvalue weighted by Gasteiger charge is 2.24. The molecule has 2 aromatic heterocycles. The van der Waals surface area contributed by atoms with Crippen molar-refractivity contribution in [3.63, 3.8) is 0 Å². The highest BCUT2D eigenvalue weighted by molar-refractivity contribution is 7.99. The summed E-state index contributed by atoms with van der Waals surface area (Å²) in [5.41, 5.74) is 2.71. The molecule has 0 fully saturated rings. The topological polar surface area (TPSA) is 82.0 Å². The number of benzene rings is 1. The number of ether oxygens (including phenoxy) is 2. The number of H-pyrrole nitrogens is 1. The van der Waals surface area contributed by atoms with Gasteiger partial charge >= 0.3 is 0 Å². The van der Waals surface area contributed by atoms with Gasteiger partial charge in [0.25, 0.3) is 0 Å². The Morgan fingerprint density at radius 2 is 2.15 bits per heavy atom. The average Bonchev–Trinajstić information content (AvgIpc) is 3.30. The van der Waals surface area contributed by atoms with Crippen LogP contribution in [0.3, 0.4) is 0 Å². The number of nitrogens with one attached hydrogen (secondary N) is 1. The number of rotatable bonds is 6. The van der Waals surface area contributed by atoms with Gasteiger partial charge in [0.1, 0.15) is 11.6 Å². The zero-order chi connectivity index (χ0) is 18.8. The van der Waals surface area contributed by atoms with Crippen molar-refractivity contribution >= 4 is 17.5 Å². The first kappa shape index (κ1) is 17.7. The fraction of sp³-hybridized carbons (Fsp3) is 0.316. The molecule has 7 nitrogen and oxygen atoms in total. The van der Waals surface area contributed by atoms with E-state index >= 15 is 0 Å². The molecular weight excluding hydrogens is 364 g/mol. The van der Waals surface area contributed by atoms with Crippen molar-refractivity contribution < 1.29 is 14.3 Å². The molecule has 0 spiro atoms. The van der Waals surface area contributed by atoms with E-state index in [-0.39, 0.29) is 11.9 Å². The molecule has 1 aliphatic rings. The highest BCUT2D eigenvalue weighted by Crippen LogP contribution is 2.31. The Morgan fingerprint density at radius 1 is 1.33 bits per heavy atom. The second-order valence-electron chi connectivity index (χ2n) is 6.41. The van der Waals surface area contributed by atoms with E-state index in [1.807, 2.05) is 44.2 Å². The lowest BCUT2D eigenvalue weighted by Gasteiger charge is -2.27. The van der Waals surface area contributed by atoms with Crippen molar-refractivity contribution in [2.75, 3.05) is 12.4 Å². The number of aromatic amines is 1. The van der Waals surface area contributed by atoms with Gasteiger partial charge in [0.05, 0.1) is 18.5 Å². The first-order valence-corrected chi connectivity index (χ1v) is 9.67. The number of Topliss-reactive ketones (excluding diaryl/α,β-unsaturated/α-hetero) is 1. The second-order valence-corrected chi connectivity index (χ2v) is 7.41. The standard InChI is InChI=1S/C19H20N4O3S/c1-12-7-15(16(24)11-27-19-8-20-22-21-19)13(2)23(12)9-14-10-25-17-5-3-4-6-18(17)26-14/h3-8,14H,9-11H2,1-2H3,(H,20,21,22). The molecule has 0 saturated heterocycles. The van der Waals surface area contributed by atoms with Gasteiger partial charge in [-0.1, -0.05) is 23.9 Å². The average molecular weight is 384 g/mol. The van der Waals surface area contributed by atoms with Crippen LogP contribution >= 0.6 is 11.8 Å². The minimum absolute atomic E-state index is 0.0773. The summed E-state index contributed by atoms with van der Waals surface area (Å²) in [6.45, 7) is 5.10. The number of hydrogen-bond donors (Lipinski definition) is 1. The molecular formula is C19H20N4O3S. The van der Waals surface area contributed by atoms with Gasteiger partial charge in [0, 0.05) is 17.0 Å². The molecule has 1 aliphatic heterocycles. The summed E-state index contributed by atoms with van der Waals surface area (Å²) >= 11 is 1.37. The predicted octanol–water partition coefficient (Wildman–Crippen LogP) is 3.04. The molecule has 0 amide bonds. The summed E-state index contributed by atoms with van der Waals surface area (Å²) in [5.74, 6) is 1.94. The van der Waals surface area contributed by atoms with E-state index in [2.05, 4.69) is 20.0 Å². The molecule has 1 atom stereocenters. The lowest BCUT2D eigenvalue weighted by Crippen LogP contribution is -2.33. The van der Waals surface area contributed by atoms with Crippen molar-refractivity contribution in [2.24, 2.45) is 0 Å². The van der Waals surface area contributed by atoms with Crippen LogP contribution in [0, 0.1) is 13.8 Å². The Morgan fingerprint density at radius 3 is 2.93 bits per heavy atom. The van der Waals surface area contributed by atoms with Gasteiger partial charge in [0.15, 0.2) is 23.4 Å². The molecule has 0 radical (unpaired) electrons. The van der Waals surface area contributed by atoms with Crippen molar-refractivity contribution in [2.45, 2.75) is 31.5 Å². The Balaban J connectivity index is 1.45. The van der Waals surface area contributed by atoms with Crippen molar-refractivity contribution in [3.05, 3.63) is 53.5 Å². The monoisotopic (exact) mass is 384 g/mol. The third-order valence-corrected chi connectivity index (χ3v) is 5.47. The molecule has 0 aliphatic carbocycles. The SMILES string of the molecule is Cc1cc(C(=O)CSc2cn[nH]n2)c(C)n1CC1COc2ccccc2O1. The van der Waals surface area contributed by atoms with Crippen molar-refractivity contribution in [1.82, 2.24) is 20.0 Å². The van der Waals surface area contributed by atoms with Crippen LogP contribution in [0.25, 0.3) is 0 Å². The smallest absolute Gasteiger partial charge is 0.174 e. The summed E-state index contributed by atoms with van der Waals surface area (Å²) in [7, 11) is 0. The molecule has 1 N–H and O–H groups in total. The van der Waals surface area contributed by atoms with Crippen LogP contribution in [0.1, 0.15) is 21.7 Å². The number of thioether (sulfide) groups is 1. The van der Waals surface area contributed by atoms with Crippen LogP contribution in [0.5, 0.6) is 11.5 Å². The molecule has 4 rings (SSSR count). The van der Waals surface area contributed by atoms with Crippen molar-refractivity contribution in [1.29, 1.82) is 0 Å². The van der Waals surface area contributed by atoms with Gasteiger partial charge in [-0.3, -0.25) is 4.79 Å². The number of fused-ring (bicyclic) bond motifs is 1. The third-order valence-electron chi connectivity index (χ3n) is 4.57. The number of aromatic nitrogens is 4. The van der Waals surface area contributed by atoms with E-state index in [0.29, 0.717) is 23.9 Å². The van der Waals surface area contributed by atoms with Crippen LogP contribution in [0.15, 0.2) is 41.6 Å². The highest BCUT2D eigenvalue weighted by atomic mass is 32.2. The fourth-order valence-electron chi connectivity index (χ4n) is 3.20. The third kappa shape index (κ3) is 3.71. The zero-order valence-electron chi connectivity index (χ0n) is 15.1. The van der Waals surface area contributed by atoms with Crippen LogP contribution < -0.4 is 9.47 Å². The predicted molar refractivity (Wildman–Crippen MR) is 102 cm³/mol. The summed E-state index contributed by atoms with van der Waals surface area (Å²) in [5, 5.41) is 11.0. The van der Waals surface area contributed by atoms with Gasteiger partial charge < -0.3 is 14.0 Å². The Kier molecular flexibility index (Phi) is 4.89. The fourth-order valence-corrected chi connectivity index (χ4v) is 3.87. The number of carbonyl (C=O) groups excluding carboxylic acids is 1. The van der Waals surface area contributed by atoms with Crippen LogP contribution in [-0.4, -0.2) is 44.2 Å². The quantitative estimate of drug-likeness (QED) is 0.520. The molecule has 27 heavy (non-hydrogen) atoms. The lowest BCUT2D eigenvalue weighted by molar-refractivity contribution is 0.0777. The summed E-state index contributed by atoms with van der Waals surface area (Å²) in [6.07, 6.45) is 1.51. The van der Waals surface area contributed by atoms with Crippen LogP contribution in [-0.2, 0) is 6.54 Å². The Hall–Kier alpha value is -2.74. The van der Waals surface area contributed by atoms with Gasteiger partial charge in [-0.15, -0.1) is 5.10 Å². The van der Waals surface area contributed by atoms with Crippen LogP contribution in [0.2, 0.25) is 0 Å². The first-order chi connectivity index (χ1) is 13.1. The molecule has 0 saturated carbocycles. The number of hydrogen-bond acceptors (Lipinski definition) is 6. The number of nitrogens with zero attached hydrogens (tertiary/aromatic N) is 3. The van der Waals surface area contributed by atoms with Gasteiger partial charge in [-0.25, -0.2) is 0 Å². The molecule has 1 aromatic carbocycles. The maximum Gasteiger partial charge on any atom is 0.174 e. The number of carbonyl (C=O) groups is 1. The molecule has 3 aromatic rings. The van der Waals surface area contributed by atoms with Gasteiger partial charge in [-0.05, 0) is 32.0 Å². The zero-order valence-corrected chi connectivity index (χ0v) is 16.0. The summed E-state index contributed by atoms with van der Waals surface area (Å²) in [6, 6.07) is 9.62. The van der Waals surface area contributed by atoms with Crippen LogP contribution in [0.4, 0.5) is 0 Å². The largest absolute Gasteiger partial charge is 0.486 e. The minimum atomic E-state index is -0.0999. The molecule has 8 heteroatoms. The van der Waals surface area contributed by atoms with E-state index in [1.165, 1.54) is 11.8 Å². The van der Waals surface area contributed by atoms with E-state index in [4.69, 9.17) is 9.47 Å². The molecule has 0 bridgehead atoms. The van der Waals surface area contributed by atoms with E-state index in [0.717, 1.165) is 28.5 Å². The van der Waals surface area contributed by atoms with E-state index in [9.17, 15) is 4.79 Å². The van der Waals surface area contributed by atoms with Gasteiger partial charge in [-0.2, -0.15) is 10.3 Å². The number of aryl methyl sites for hydroxylation is 1. The van der Waals surface area contributed by atoms with E-state index < -0.39 is 0 Å². The van der Waals surface area contributed by atoms with Gasteiger partial charge in [0.2, 0.25) is 0 Å². The van der Waals surface area contributed by atoms with Crippen molar-refractivity contribution in [3.8, 4) is 11.5 Å². The minimum Gasteiger partial charge on any atom is -0.486 e. The maximum absolute atomic E-state index is 12.6. The second kappa shape index (κ2) is 7.48. The Bertz CT molecular complexity index is 952. The molecule has 1 unspecified atom stereocenters. The Labute approximate surface area is 161 Å². The normalized spacial score (nSPS) is 15.7. The first-order valence-electron chi connectivity index (χ1n) is 8.69. The maximum atomic E-state index is 12.6.